The molecule has 1 saturated heterocycles. The summed E-state index contributed by atoms with van der Waals surface area (Å²) < 4.78 is 0. The molecule has 0 bridgehead atoms. The number of carbonyl (C=O) groups is 1. The van der Waals surface area contributed by atoms with Gasteiger partial charge in [0.1, 0.15) is 0 Å². The summed E-state index contributed by atoms with van der Waals surface area (Å²) in [5.74, 6) is 0.133. The number of hydrogen-bond donors (Lipinski definition) is 2. The first kappa shape index (κ1) is 11.8. The third-order valence-corrected chi connectivity index (χ3v) is 3.13. The normalized spacial score (nSPS) is 19.4. The van der Waals surface area contributed by atoms with Crippen LogP contribution in [-0.4, -0.2) is 25.0 Å². The van der Waals surface area contributed by atoms with Gasteiger partial charge in [-0.15, -0.1) is 0 Å². The van der Waals surface area contributed by atoms with Crippen molar-refractivity contribution in [2.45, 2.75) is 25.8 Å². The Balaban J connectivity index is 1.93. The van der Waals surface area contributed by atoms with Gasteiger partial charge in [-0.2, -0.15) is 0 Å². The fourth-order valence-electron chi connectivity index (χ4n) is 2.13. The third-order valence-electron chi connectivity index (χ3n) is 3.13. The van der Waals surface area contributed by atoms with Gasteiger partial charge >= 0.3 is 0 Å². The standard InChI is InChI=1S/C13H19N3O/c1-2-13(17)15-11-7-8-16(9-11)12-5-3-10(14)4-6-12/h3-6,11H,2,7-9,14H2,1H3,(H,15,17). The van der Waals surface area contributed by atoms with E-state index in [4.69, 9.17) is 5.73 Å². The Morgan fingerprint density at radius 2 is 2.18 bits per heavy atom. The van der Waals surface area contributed by atoms with Crippen molar-refractivity contribution in [1.29, 1.82) is 0 Å². The number of nitrogens with one attached hydrogen (secondary N) is 1. The second kappa shape index (κ2) is 5.08. The SMILES string of the molecule is CCC(=O)NC1CCN(c2ccc(N)cc2)C1. The van der Waals surface area contributed by atoms with E-state index in [-0.39, 0.29) is 11.9 Å². The lowest BCUT2D eigenvalue weighted by Gasteiger charge is -2.19. The van der Waals surface area contributed by atoms with Crippen LogP contribution in [0.2, 0.25) is 0 Å². The van der Waals surface area contributed by atoms with Crippen LogP contribution in [0, 0.1) is 0 Å². The van der Waals surface area contributed by atoms with Crippen LogP contribution in [-0.2, 0) is 4.79 Å². The van der Waals surface area contributed by atoms with Crippen molar-refractivity contribution in [1.82, 2.24) is 5.32 Å². The molecule has 1 amide bonds. The number of amides is 1. The van der Waals surface area contributed by atoms with Crippen LogP contribution in [0.3, 0.4) is 0 Å². The number of hydrogen-bond acceptors (Lipinski definition) is 3. The number of carbonyl (C=O) groups excluding carboxylic acids is 1. The average molecular weight is 233 g/mol. The summed E-state index contributed by atoms with van der Waals surface area (Å²) in [6.07, 6.45) is 1.56. The van der Waals surface area contributed by atoms with Gasteiger partial charge in [0.05, 0.1) is 0 Å². The van der Waals surface area contributed by atoms with Gasteiger partial charge in [-0.1, -0.05) is 6.92 Å². The maximum Gasteiger partial charge on any atom is 0.219 e. The molecule has 1 aliphatic heterocycles. The molecule has 2 rings (SSSR count). The van der Waals surface area contributed by atoms with Gasteiger partial charge < -0.3 is 16.0 Å². The molecule has 0 aliphatic carbocycles. The van der Waals surface area contributed by atoms with Gasteiger partial charge in [-0.25, -0.2) is 0 Å². The molecule has 4 nitrogen and oxygen atoms in total. The van der Waals surface area contributed by atoms with E-state index in [1.165, 1.54) is 5.69 Å². The molecule has 1 unspecified atom stereocenters. The first-order valence-electron chi connectivity index (χ1n) is 6.09. The molecular formula is C13H19N3O. The summed E-state index contributed by atoms with van der Waals surface area (Å²) in [4.78, 5) is 13.6. The predicted octanol–water partition coefficient (Wildman–Crippen LogP) is 1.37. The highest BCUT2D eigenvalue weighted by molar-refractivity contribution is 5.76. The molecule has 17 heavy (non-hydrogen) atoms. The molecule has 0 saturated carbocycles. The number of nitrogens with zero attached hydrogens (tertiary/aromatic N) is 1. The Hall–Kier alpha value is -1.71. The molecular weight excluding hydrogens is 214 g/mol. The molecule has 3 N–H and O–H groups in total. The van der Waals surface area contributed by atoms with Crippen LogP contribution in [0.25, 0.3) is 0 Å². The Bertz CT molecular complexity index is 388. The maximum atomic E-state index is 11.3. The molecule has 0 aromatic heterocycles. The fourth-order valence-corrected chi connectivity index (χ4v) is 2.13. The van der Waals surface area contributed by atoms with Crippen LogP contribution >= 0.6 is 0 Å². The molecule has 1 aromatic carbocycles. The van der Waals surface area contributed by atoms with E-state index in [9.17, 15) is 4.79 Å². The number of nitrogen functional groups attached to an aromatic ring is 1. The first-order valence-corrected chi connectivity index (χ1v) is 6.09. The Labute approximate surface area is 102 Å². The summed E-state index contributed by atoms with van der Waals surface area (Å²) in [6, 6.07) is 8.15. The van der Waals surface area contributed by atoms with E-state index >= 15 is 0 Å². The molecule has 1 atom stereocenters. The van der Waals surface area contributed by atoms with E-state index < -0.39 is 0 Å². The summed E-state index contributed by atoms with van der Waals surface area (Å²) in [5.41, 5.74) is 7.62. The first-order chi connectivity index (χ1) is 8.19. The lowest BCUT2D eigenvalue weighted by atomic mass is 10.2. The molecule has 1 fully saturated rings. The molecule has 4 heteroatoms. The monoisotopic (exact) mass is 233 g/mol. The third kappa shape index (κ3) is 2.90. The molecule has 1 aliphatic rings. The van der Waals surface area contributed by atoms with Gasteiger partial charge in [-0.05, 0) is 30.7 Å². The van der Waals surface area contributed by atoms with Gasteiger partial charge in [0, 0.05) is 36.9 Å². The van der Waals surface area contributed by atoms with Crippen LogP contribution in [0.15, 0.2) is 24.3 Å². The van der Waals surface area contributed by atoms with E-state index in [0.29, 0.717) is 6.42 Å². The van der Waals surface area contributed by atoms with E-state index in [1.807, 2.05) is 31.2 Å². The van der Waals surface area contributed by atoms with Crippen LogP contribution < -0.4 is 16.0 Å². The van der Waals surface area contributed by atoms with Crippen LogP contribution in [0.4, 0.5) is 11.4 Å². The van der Waals surface area contributed by atoms with E-state index in [0.717, 1.165) is 25.2 Å². The van der Waals surface area contributed by atoms with Crippen LogP contribution in [0.1, 0.15) is 19.8 Å². The van der Waals surface area contributed by atoms with Gasteiger partial charge in [0.2, 0.25) is 5.91 Å². The topological polar surface area (TPSA) is 58.4 Å². The minimum absolute atomic E-state index is 0.133. The molecule has 0 spiro atoms. The lowest BCUT2D eigenvalue weighted by molar-refractivity contribution is -0.121. The summed E-state index contributed by atoms with van der Waals surface area (Å²) in [5, 5.41) is 3.03. The minimum atomic E-state index is 0.133. The summed E-state index contributed by atoms with van der Waals surface area (Å²) >= 11 is 0. The lowest BCUT2D eigenvalue weighted by Crippen LogP contribution is -2.36. The summed E-state index contributed by atoms with van der Waals surface area (Å²) in [6.45, 7) is 3.75. The zero-order valence-electron chi connectivity index (χ0n) is 10.1. The van der Waals surface area contributed by atoms with Crippen molar-refractivity contribution in [3.63, 3.8) is 0 Å². The quantitative estimate of drug-likeness (QED) is 0.775. The Kier molecular flexibility index (Phi) is 3.52. The maximum absolute atomic E-state index is 11.3. The zero-order chi connectivity index (χ0) is 12.3. The highest BCUT2D eigenvalue weighted by Gasteiger charge is 2.23. The number of anilines is 2. The highest BCUT2D eigenvalue weighted by Crippen LogP contribution is 2.21. The molecule has 92 valence electrons. The highest BCUT2D eigenvalue weighted by atomic mass is 16.1. The molecule has 1 aromatic rings. The van der Waals surface area contributed by atoms with E-state index in [2.05, 4.69) is 10.2 Å². The van der Waals surface area contributed by atoms with Crippen molar-refractivity contribution in [2.75, 3.05) is 23.7 Å². The van der Waals surface area contributed by atoms with Crippen molar-refractivity contribution < 1.29 is 4.79 Å². The number of benzene rings is 1. The fraction of sp³-hybridized carbons (Fsp3) is 0.462. The Morgan fingerprint density at radius 1 is 1.47 bits per heavy atom. The van der Waals surface area contributed by atoms with Crippen molar-refractivity contribution in [2.24, 2.45) is 0 Å². The molecule has 0 radical (unpaired) electrons. The average Bonchev–Trinajstić information content (AvgIpc) is 2.78. The second-order valence-electron chi connectivity index (χ2n) is 4.44. The van der Waals surface area contributed by atoms with E-state index in [1.54, 1.807) is 0 Å². The molecule has 1 heterocycles. The van der Waals surface area contributed by atoms with Crippen LogP contribution in [0.5, 0.6) is 0 Å². The number of nitrogens with two attached hydrogens (primary N) is 1. The zero-order valence-corrected chi connectivity index (χ0v) is 10.1. The Morgan fingerprint density at radius 3 is 2.82 bits per heavy atom. The van der Waals surface area contributed by atoms with Gasteiger partial charge in [0.15, 0.2) is 0 Å². The van der Waals surface area contributed by atoms with Crippen molar-refractivity contribution >= 4 is 17.3 Å². The summed E-state index contributed by atoms with van der Waals surface area (Å²) in [7, 11) is 0. The minimum Gasteiger partial charge on any atom is -0.399 e. The smallest absolute Gasteiger partial charge is 0.219 e. The predicted molar refractivity (Wildman–Crippen MR) is 69.9 cm³/mol. The largest absolute Gasteiger partial charge is 0.399 e. The van der Waals surface area contributed by atoms with Crippen molar-refractivity contribution in [3.05, 3.63) is 24.3 Å². The number of rotatable bonds is 3. The van der Waals surface area contributed by atoms with Gasteiger partial charge in [-0.3, -0.25) is 4.79 Å². The van der Waals surface area contributed by atoms with Crippen molar-refractivity contribution in [3.8, 4) is 0 Å². The second-order valence-corrected chi connectivity index (χ2v) is 4.44. The van der Waals surface area contributed by atoms with Gasteiger partial charge in [0.25, 0.3) is 0 Å².